The molecule has 4 aromatic rings. The summed E-state index contributed by atoms with van der Waals surface area (Å²) in [5, 5.41) is 4.97. The average molecular weight is 567 g/mol. The van der Waals surface area contributed by atoms with Crippen LogP contribution in [0, 0.1) is 0 Å². The first kappa shape index (κ1) is 23.1. The van der Waals surface area contributed by atoms with Crippen molar-refractivity contribution in [1.29, 1.82) is 0 Å². The number of nitrogens with one attached hydrogen (secondary N) is 1. The van der Waals surface area contributed by atoms with Gasteiger partial charge in [0.25, 0.3) is 5.91 Å². The SMILES string of the molecule is CC(C)Oc1c(Br)cc(Br)cc1/C=N\NC(=O)c1cc(-c2ccccc2)nc2ccccc12. The topological polar surface area (TPSA) is 63.6 Å². The van der Waals surface area contributed by atoms with Gasteiger partial charge in [0.2, 0.25) is 0 Å². The Morgan fingerprint density at radius 1 is 1.03 bits per heavy atom. The van der Waals surface area contributed by atoms with E-state index in [1.165, 1.54) is 0 Å². The number of carbonyl (C=O) groups excluding carboxylic acids is 1. The molecule has 1 amide bonds. The Kier molecular flexibility index (Phi) is 7.20. The second-order valence-electron chi connectivity index (χ2n) is 7.61. The number of hydrazone groups is 1. The van der Waals surface area contributed by atoms with Crippen molar-refractivity contribution in [3.8, 4) is 17.0 Å². The largest absolute Gasteiger partial charge is 0.489 e. The van der Waals surface area contributed by atoms with Crippen LogP contribution >= 0.6 is 31.9 Å². The summed E-state index contributed by atoms with van der Waals surface area (Å²) in [5.41, 5.74) is 6.31. The fourth-order valence-electron chi connectivity index (χ4n) is 3.38. The molecular weight excluding hydrogens is 546 g/mol. The van der Waals surface area contributed by atoms with Gasteiger partial charge in [0.05, 0.1) is 33.6 Å². The van der Waals surface area contributed by atoms with Crippen LogP contribution in [0.15, 0.2) is 86.8 Å². The number of benzene rings is 3. The van der Waals surface area contributed by atoms with Crippen molar-refractivity contribution in [2.75, 3.05) is 0 Å². The second-order valence-corrected chi connectivity index (χ2v) is 9.38. The van der Waals surface area contributed by atoms with Gasteiger partial charge < -0.3 is 4.74 Å². The highest BCUT2D eigenvalue weighted by Gasteiger charge is 2.14. The van der Waals surface area contributed by atoms with Gasteiger partial charge in [-0.25, -0.2) is 10.4 Å². The van der Waals surface area contributed by atoms with E-state index < -0.39 is 0 Å². The molecule has 1 N–H and O–H groups in total. The number of carbonyl (C=O) groups is 1. The van der Waals surface area contributed by atoms with Gasteiger partial charge in [-0.1, -0.05) is 64.5 Å². The predicted octanol–water partition coefficient (Wildman–Crippen LogP) is 6.98. The van der Waals surface area contributed by atoms with Gasteiger partial charge in [-0.15, -0.1) is 0 Å². The van der Waals surface area contributed by atoms with Gasteiger partial charge in [-0.05, 0) is 54.0 Å². The third-order valence-corrected chi connectivity index (χ3v) is 5.84. The highest BCUT2D eigenvalue weighted by Crippen LogP contribution is 2.33. The van der Waals surface area contributed by atoms with Crippen LogP contribution in [-0.2, 0) is 0 Å². The van der Waals surface area contributed by atoms with Crippen molar-refractivity contribution < 1.29 is 9.53 Å². The number of amides is 1. The van der Waals surface area contributed by atoms with Crippen molar-refractivity contribution in [3.63, 3.8) is 0 Å². The molecule has 4 rings (SSSR count). The number of pyridine rings is 1. The molecule has 0 saturated heterocycles. The minimum atomic E-state index is -0.317. The zero-order chi connectivity index (χ0) is 23.4. The molecule has 0 aliphatic heterocycles. The molecular formula is C26H21Br2N3O2. The first-order chi connectivity index (χ1) is 15.9. The van der Waals surface area contributed by atoms with Crippen LogP contribution in [0.4, 0.5) is 0 Å². The Hall–Kier alpha value is -3.03. The van der Waals surface area contributed by atoms with Gasteiger partial charge >= 0.3 is 0 Å². The Labute approximate surface area is 209 Å². The van der Waals surface area contributed by atoms with Crippen LogP contribution in [0.2, 0.25) is 0 Å². The summed E-state index contributed by atoms with van der Waals surface area (Å²) < 4.78 is 7.58. The Balaban J connectivity index is 1.66. The Morgan fingerprint density at radius 2 is 1.76 bits per heavy atom. The van der Waals surface area contributed by atoms with Crippen LogP contribution in [0.25, 0.3) is 22.2 Å². The van der Waals surface area contributed by atoms with Gasteiger partial charge in [-0.2, -0.15) is 5.10 Å². The van der Waals surface area contributed by atoms with E-state index in [-0.39, 0.29) is 12.0 Å². The molecule has 166 valence electrons. The minimum Gasteiger partial charge on any atom is -0.489 e. The second kappa shape index (κ2) is 10.3. The van der Waals surface area contributed by atoms with Crippen molar-refractivity contribution >= 4 is 54.9 Å². The van der Waals surface area contributed by atoms with E-state index in [4.69, 9.17) is 9.72 Å². The predicted molar refractivity (Wildman–Crippen MR) is 140 cm³/mol. The quantitative estimate of drug-likeness (QED) is 0.202. The van der Waals surface area contributed by atoms with Crippen molar-refractivity contribution in [3.05, 3.63) is 92.9 Å². The van der Waals surface area contributed by atoms with Crippen LogP contribution in [0.1, 0.15) is 29.8 Å². The summed E-state index contributed by atoms with van der Waals surface area (Å²) in [5.74, 6) is 0.342. The lowest BCUT2D eigenvalue weighted by Crippen LogP contribution is -2.18. The molecule has 0 radical (unpaired) electrons. The molecule has 5 nitrogen and oxygen atoms in total. The molecule has 0 atom stereocenters. The molecule has 7 heteroatoms. The number of aromatic nitrogens is 1. The van der Waals surface area contributed by atoms with Crippen LogP contribution < -0.4 is 10.2 Å². The number of halogens is 2. The number of fused-ring (bicyclic) bond motifs is 1. The third-order valence-electron chi connectivity index (χ3n) is 4.79. The third kappa shape index (κ3) is 5.49. The van der Waals surface area contributed by atoms with E-state index in [1.54, 1.807) is 12.3 Å². The first-order valence-corrected chi connectivity index (χ1v) is 12.0. The average Bonchev–Trinajstić information content (AvgIpc) is 2.80. The van der Waals surface area contributed by atoms with Crippen molar-refractivity contribution in [1.82, 2.24) is 10.4 Å². The first-order valence-electron chi connectivity index (χ1n) is 10.4. The molecule has 0 bridgehead atoms. The summed E-state index contributed by atoms with van der Waals surface area (Å²) >= 11 is 7.02. The zero-order valence-electron chi connectivity index (χ0n) is 18.0. The summed E-state index contributed by atoms with van der Waals surface area (Å²) in [6.07, 6.45) is 1.57. The lowest BCUT2D eigenvalue weighted by atomic mass is 10.0. The molecule has 0 spiro atoms. The lowest BCUT2D eigenvalue weighted by Gasteiger charge is -2.14. The molecule has 0 fully saturated rings. The molecule has 33 heavy (non-hydrogen) atoms. The van der Waals surface area contributed by atoms with E-state index in [2.05, 4.69) is 42.4 Å². The normalized spacial score (nSPS) is 11.3. The molecule has 1 heterocycles. The molecule has 3 aromatic carbocycles. The number of ether oxygens (including phenoxy) is 1. The monoisotopic (exact) mass is 565 g/mol. The number of nitrogens with zero attached hydrogens (tertiary/aromatic N) is 2. The van der Waals surface area contributed by atoms with E-state index in [0.29, 0.717) is 11.3 Å². The van der Waals surface area contributed by atoms with Gasteiger partial charge in [-0.3, -0.25) is 4.79 Å². The minimum absolute atomic E-state index is 0.0104. The van der Waals surface area contributed by atoms with E-state index in [0.717, 1.165) is 36.7 Å². The maximum absolute atomic E-state index is 13.1. The number of para-hydroxylation sites is 1. The molecule has 0 aliphatic rings. The highest BCUT2D eigenvalue weighted by atomic mass is 79.9. The molecule has 1 aromatic heterocycles. The molecule has 0 saturated carbocycles. The van der Waals surface area contributed by atoms with Crippen LogP contribution in [0.3, 0.4) is 0 Å². The molecule has 0 unspecified atom stereocenters. The van der Waals surface area contributed by atoms with Crippen LogP contribution in [0.5, 0.6) is 5.75 Å². The number of hydrogen-bond donors (Lipinski definition) is 1. The summed E-state index contributed by atoms with van der Waals surface area (Å²) in [6.45, 7) is 3.91. The maximum Gasteiger partial charge on any atom is 0.272 e. The summed E-state index contributed by atoms with van der Waals surface area (Å²) in [4.78, 5) is 17.9. The van der Waals surface area contributed by atoms with Crippen molar-refractivity contribution in [2.24, 2.45) is 5.10 Å². The Bertz CT molecular complexity index is 1340. The fourth-order valence-corrected chi connectivity index (χ4v) is 4.73. The van der Waals surface area contributed by atoms with Crippen molar-refractivity contribution in [2.45, 2.75) is 20.0 Å². The molecule has 0 aliphatic carbocycles. The Morgan fingerprint density at radius 3 is 2.52 bits per heavy atom. The highest BCUT2D eigenvalue weighted by molar-refractivity contribution is 9.11. The summed E-state index contributed by atoms with van der Waals surface area (Å²) in [7, 11) is 0. The van der Waals surface area contributed by atoms with E-state index >= 15 is 0 Å². The smallest absolute Gasteiger partial charge is 0.272 e. The number of hydrogen-bond acceptors (Lipinski definition) is 4. The fraction of sp³-hybridized carbons (Fsp3) is 0.115. The van der Waals surface area contributed by atoms with Gasteiger partial charge in [0.15, 0.2) is 0 Å². The zero-order valence-corrected chi connectivity index (χ0v) is 21.2. The van der Waals surface area contributed by atoms with Gasteiger partial charge in [0.1, 0.15) is 5.75 Å². The van der Waals surface area contributed by atoms with Gasteiger partial charge in [0, 0.05) is 21.0 Å². The van der Waals surface area contributed by atoms with E-state index in [9.17, 15) is 4.79 Å². The van der Waals surface area contributed by atoms with E-state index in [1.807, 2.05) is 80.6 Å². The summed E-state index contributed by atoms with van der Waals surface area (Å²) in [6, 6.07) is 23.0. The number of rotatable bonds is 6. The lowest BCUT2D eigenvalue weighted by molar-refractivity contribution is 0.0956. The standard InChI is InChI=1S/C26H21Br2N3O2/c1-16(2)33-25-18(12-19(27)13-22(25)28)15-29-31-26(32)21-14-24(17-8-4-3-5-9-17)30-23-11-7-6-10-20(21)23/h3-16H,1-2H3,(H,31,32)/b29-15-. The maximum atomic E-state index is 13.1. The van der Waals surface area contributed by atoms with Crippen LogP contribution in [-0.4, -0.2) is 23.2 Å².